The third-order valence-corrected chi connectivity index (χ3v) is 5.35. The molecule has 1 aromatic heterocycles. The van der Waals surface area contributed by atoms with Gasteiger partial charge < -0.3 is 10.1 Å². The topological polar surface area (TPSA) is 85.4 Å². The normalized spacial score (nSPS) is 11.1. The Balaban J connectivity index is 1.92. The summed E-state index contributed by atoms with van der Waals surface area (Å²) in [6.45, 7) is 1.65. The molecule has 0 fully saturated rings. The highest BCUT2D eigenvalue weighted by Gasteiger charge is 2.10. The van der Waals surface area contributed by atoms with Crippen molar-refractivity contribution in [3.8, 4) is 11.6 Å². The van der Waals surface area contributed by atoms with Gasteiger partial charge in [0.15, 0.2) is 9.84 Å². The average molecular weight is 413 g/mol. The molecule has 0 saturated heterocycles. The molecular formula is C16H17BrN2O4S. The number of nitrogens with zero attached hydrogens (tertiary/aromatic N) is 1. The van der Waals surface area contributed by atoms with Gasteiger partial charge in [0, 0.05) is 29.0 Å². The summed E-state index contributed by atoms with van der Waals surface area (Å²) in [5, 5.41) is 2.56. The molecule has 24 heavy (non-hydrogen) atoms. The van der Waals surface area contributed by atoms with Crippen molar-refractivity contribution in [3.05, 3.63) is 52.6 Å². The van der Waals surface area contributed by atoms with E-state index in [0.29, 0.717) is 17.2 Å². The van der Waals surface area contributed by atoms with Crippen LogP contribution in [-0.4, -0.2) is 37.4 Å². The second-order valence-electron chi connectivity index (χ2n) is 4.94. The summed E-state index contributed by atoms with van der Waals surface area (Å²) in [7, 11) is -3.10. The summed E-state index contributed by atoms with van der Waals surface area (Å²) in [4.78, 5) is 16.0. The van der Waals surface area contributed by atoms with Gasteiger partial charge in [0.25, 0.3) is 5.91 Å². The van der Waals surface area contributed by atoms with Crippen molar-refractivity contribution in [1.29, 1.82) is 0 Å². The largest absolute Gasteiger partial charge is 0.439 e. The van der Waals surface area contributed by atoms with Gasteiger partial charge in [-0.1, -0.05) is 28.9 Å². The lowest BCUT2D eigenvalue weighted by Crippen LogP contribution is -2.29. The van der Waals surface area contributed by atoms with Crippen LogP contribution in [0.15, 0.2) is 47.1 Å². The van der Waals surface area contributed by atoms with Gasteiger partial charge in [0.2, 0.25) is 5.88 Å². The van der Waals surface area contributed by atoms with Crippen LogP contribution in [-0.2, 0) is 9.84 Å². The van der Waals surface area contributed by atoms with E-state index in [0.717, 1.165) is 4.47 Å². The minimum absolute atomic E-state index is 0.0616. The summed E-state index contributed by atoms with van der Waals surface area (Å²) in [6, 6.07) is 10.5. The zero-order valence-electron chi connectivity index (χ0n) is 13.0. The van der Waals surface area contributed by atoms with Crippen LogP contribution in [0.2, 0.25) is 0 Å². The van der Waals surface area contributed by atoms with Crippen molar-refractivity contribution < 1.29 is 17.9 Å². The molecule has 0 aliphatic heterocycles. The Morgan fingerprint density at radius 3 is 2.71 bits per heavy atom. The highest BCUT2D eigenvalue weighted by Crippen LogP contribution is 2.22. The fraction of sp³-hybridized carbons (Fsp3) is 0.250. The fourth-order valence-corrected chi connectivity index (χ4v) is 2.87. The van der Waals surface area contributed by atoms with Gasteiger partial charge in [-0.05, 0) is 24.3 Å². The van der Waals surface area contributed by atoms with Crippen molar-refractivity contribution >= 4 is 31.7 Å². The zero-order valence-corrected chi connectivity index (χ0v) is 15.4. The number of benzene rings is 1. The Morgan fingerprint density at radius 2 is 2.08 bits per heavy atom. The molecule has 0 unspecified atom stereocenters. The third kappa shape index (κ3) is 5.61. The van der Waals surface area contributed by atoms with E-state index in [1.165, 1.54) is 6.20 Å². The summed E-state index contributed by atoms with van der Waals surface area (Å²) in [6.07, 6.45) is 1.39. The Hall–Kier alpha value is -1.93. The zero-order chi connectivity index (χ0) is 17.6. The van der Waals surface area contributed by atoms with Crippen LogP contribution in [0.5, 0.6) is 11.6 Å². The number of carbonyl (C=O) groups is 1. The number of halogens is 1. The molecule has 1 N–H and O–H groups in total. The average Bonchev–Trinajstić information content (AvgIpc) is 2.55. The summed E-state index contributed by atoms with van der Waals surface area (Å²) in [5.74, 6) is 0.596. The van der Waals surface area contributed by atoms with Gasteiger partial charge in [-0.3, -0.25) is 4.79 Å². The number of pyridine rings is 1. The lowest BCUT2D eigenvalue weighted by atomic mass is 10.2. The first-order valence-electron chi connectivity index (χ1n) is 7.28. The van der Waals surface area contributed by atoms with Crippen LogP contribution < -0.4 is 10.1 Å². The van der Waals surface area contributed by atoms with E-state index < -0.39 is 9.84 Å². The molecule has 0 saturated carbocycles. The van der Waals surface area contributed by atoms with Crippen LogP contribution in [0.3, 0.4) is 0 Å². The number of amides is 1. The molecule has 8 heteroatoms. The maximum absolute atomic E-state index is 11.9. The molecule has 0 radical (unpaired) electrons. The Morgan fingerprint density at radius 1 is 1.29 bits per heavy atom. The Kier molecular flexibility index (Phi) is 6.33. The molecule has 0 atom stereocenters. The SMILES string of the molecule is CCS(=O)(=O)CCNC(=O)c1ccc(Oc2cccc(Br)c2)nc1. The number of carbonyl (C=O) groups excluding carboxylic acids is 1. The van der Waals surface area contributed by atoms with Gasteiger partial charge in [0.1, 0.15) is 5.75 Å². The first-order valence-corrected chi connectivity index (χ1v) is 9.89. The van der Waals surface area contributed by atoms with Crippen molar-refractivity contribution in [2.75, 3.05) is 18.1 Å². The molecule has 1 heterocycles. The van der Waals surface area contributed by atoms with E-state index in [9.17, 15) is 13.2 Å². The number of sulfone groups is 1. The standard InChI is InChI=1S/C16H17BrN2O4S/c1-2-24(21,22)9-8-18-16(20)12-6-7-15(19-11-12)23-14-5-3-4-13(17)10-14/h3-7,10-11H,2,8-9H2,1H3,(H,18,20). The van der Waals surface area contributed by atoms with E-state index in [-0.39, 0.29) is 24.0 Å². The number of hydrogen-bond donors (Lipinski definition) is 1. The molecule has 0 bridgehead atoms. The summed E-state index contributed by atoms with van der Waals surface area (Å²) < 4.78 is 29.2. The molecule has 6 nitrogen and oxygen atoms in total. The molecule has 1 amide bonds. The second-order valence-corrected chi connectivity index (χ2v) is 8.33. The number of nitrogens with one attached hydrogen (secondary N) is 1. The molecule has 0 spiro atoms. The molecule has 2 aromatic rings. The van der Waals surface area contributed by atoms with Gasteiger partial charge >= 0.3 is 0 Å². The van der Waals surface area contributed by atoms with E-state index in [1.54, 1.807) is 31.2 Å². The molecule has 0 aliphatic carbocycles. The number of rotatable bonds is 7. The summed E-state index contributed by atoms with van der Waals surface area (Å²) >= 11 is 3.35. The van der Waals surface area contributed by atoms with E-state index >= 15 is 0 Å². The predicted molar refractivity (Wildman–Crippen MR) is 95.1 cm³/mol. The third-order valence-electron chi connectivity index (χ3n) is 3.16. The first-order chi connectivity index (χ1) is 11.4. The van der Waals surface area contributed by atoms with Crippen LogP contribution in [0.1, 0.15) is 17.3 Å². The monoisotopic (exact) mass is 412 g/mol. The number of ether oxygens (including phenoxy) is 1. The maximum Gasteiger partial charge on any atom is 0.252 e. The molecule has 128 valence electrons. The van der Waals surface area contributed by atoms with Crippen LogP contribution >= 0.6 is 15.9 Å². The van der Waals surface area contributed by atoms with Gasteiger partial charge in [-0.2, -0.15) is 0 Å². The van der Waals surface area contributed by atoms with E-state index in [2.05, 4.69) is 26.2 Å². The van der Waals surface area contributed by atoms with Crippen LogP contribution in [0.4, 0.5) is 0 Å². The smallest absolute Gasteiger partial charge is 0.252 e. The van der Waals surface area contributed by atoms with E-state index in [1.807, 2.05) is 12.1 Å². The Bertz CT molecular complexity index is 807. The summed E-state index contributed by atoms with van der Waals surface area (Å²) in [5.41, 5.74) is 0.338. The lowest BCUT2D eigenvalue weighted by molar-refractivity contribution is 0.0955. The van der Waals surface area contributed by atoms with Gasteiger partial charge in [-0.15, -0.1) is 0 Å². The number of aromatic nitrogens is 1. The highest BCUT2D eigenvalue weighted by atomic mass is 79.9. The highest BCUT2D eigenvalue weighted by molar-refractivity contribution is 9.10. The van der Waals surface area contributed by atoms with Crippen LogP contribution in [0, 0.1) is 0 Å². The minimum atomic E-state index is -3.10. The maximum atomic E-state index is 11.9. The molecule has 2 rings (SSSR count). The predicted octanol–water partition coefficient (Wildman–Crippen LogP) is 2.80. The van der Waals surface area contributed by atoms with Crippen LogP contribution in [0.25, 0.3) is 0 Å². The quantitative estimate of drug-likeness (QED) is 0.755. The van der Waals surface area contributed by atoms with Crippen molar-refractivity contribution in [2.45, 2.75) is 6.92 Å². The molecule has 1 aromatic carbocycles. The second kappa shape index (κ2) is 8.25. The first kappa shape index (κ1) is 18.4. The van der Waals surface area contributed by atoms with Crippen molar-refractivity contribution in [1.82, 2.24) is 10.3 Å². The lowest BCUT2D eigenvalue weighted by Gasteiger charge is -2.07. The van der Waals surface area contributed by atoms with E-state index in [4.69, 9.17) is 4.74 Å². The fourth-order valence-electron chi connectivity index (χ4n) is 1.79. The van der Waals surface area contributed by atoms with Crippen molar-refractivity contribution in [2.24, 2.45) is 0 Å². The van der Waals surface area contributed by atoms with Gasteiger partial charge in [-0.25, -0.2) is 13.4 Å². The minimum Gasteiger partial charge on any atom is -0.439 e. The van der Waals surface area contributed by atoms with Gasteiger partial charge in [0.05, 0.1) is 11.3 Å². The Labute approximate surface area is 149 Å². The molecular weight excluding hydrogens is 396 g/mol. The number of hydrogen-bond acceptors (Lipinski definition) is 5. The molecule has 0 aliphatic rings. The van der Waals surface area contributed by atoms with Crippen molar-refractivity contribution in [3.63, 3.8) is 0 Å².